The van der Waals surface area contributed by atoms with Gasteiger partial charge in [0.05, 0.1) is 6.61 Å². The van der Waals surface area contributed by atoms with Crippen LogP contribution in [0.4, 0.5) is 5.82 Å². The zero-order valence-corrected chi connectivity index (χ0v) is 13.2. The molecule has 1 fully saturated rings. The molecule has 0 aromatic carbocycles. The lowest BCUT2D eigenvalue weighted by Crippen LogP contribution is -2.37. The number of nitrogens with zero attached hydrogens (tertiary/aromatic N) is 3. The Morgan fingerprint density at radius 3 is 2.52 bits per heavy atom. The normalized spacial score (nSPS) is 16.8. The van der Waals surface area contributed by atoms with Gasteiger partial charge in [-0.05, 0) is 25.0 Å². The summed E-state index contributed by atoms with van der Waals surface area (Å²) in [5.41, 5.74) is 0.437. The van der Waals surface area contributed by atoms with Gasteiger partial charge < -0.3 is 14.9 Å². The summed E-state index contributed by atoms with van der Waals surface area (Å²) in [6, 6.07) is 5.50. The van der Waals surface area contributed by atoms with Gasteiger partial charge in [0.1, 0.15) is 11.5 Å². The van der Waals surface area contributed by atoms with Gasteiger partial charge in [0.25, 0.3) is 5.91 Å². The number of aliphatic hydroxyl groups is 1. The molecule has 5 heteroatoms. The molecule has 0 unspecified atom stereocenters. The molecule has 21 heavy (non-hydrogen) atoms. The predicted octanol–water partition coefficient (Wildman–Crippen LogP) is 1.77. The molecule has 116 valence electrons. The highest BCUT2D eigenvalue weighted by molar-refractivity contribution is 5.92. The summed E-state index contributed by atoms with van der Waals surface area (Å²) in [5, 5.41) is 9.72. The lowest BCUT2D eigenvalue weighted by atomic mass is 9.87. The molecule has 1 aliphatic carbocycles. The van der Waals surface area contributed by atoms with Gasteiger partial charge >= 0.3 is 0 Å². The van der Waals surface area contributed by atoms with Gasteiger partial charge in [-0.3, -0.25) is 4.79 Å². The topological polar surface area (TPSA) is 56.7 Å². The summed E-state index contributed by atoms with van der Waals surface area (Å²) in [5.74, 6) is 0.686. The Morgan fingerprint density at radius 1 is 1.29 bits per heavy atom. The fourth-order valence-electron chi connectivity index (χ4n) is 3.06. The Morgan fingerprint density at radius 2 is 1.95 bits per heavy atom. The molecule has 0 saturated heterocycles. The highest BCUT2D eigenvalue weighted by Gasteiger charge is 2.34. The quantitative estimate of drug-likeness (QED) is 0.898. The van der Waals surface area contributed by atoms with Crippen LogP contribution in [0.2, 0.25) is 0 Å². The highest BCUT2D eigenvalue weighted by Crippen LogP contribution is 2.38. The Labute approximate surface area is 126 Å². The average Bonchev–Trinajstić information content (AvgIpc) is 2.95. The number of carbonyl (C=O) groups is 1. The monoisotopic (exact) mass is 291 g/mol. The third-order valence-corrected chi connectivity index (χ3v) is 4.32. The molecule has 0 aliphatic heterocycles. The number of hydrogen-bond donors (Lipinski definition) is 1. The standard InChI is InChI=1S/C16H25N3O2/c1-18(2)15(21)13-7-6-8-14(17-13)19(3)11-16(12-20)9-4-5-10-16/h6-8,20H,4-5,9-12H2,1-3H3. The molecule has 1 aromatic heterocycles. The number of aliphatic hydroxyl groups excluding tert-OH is 1. The fraction of sp³-hybridized carbons (Fsp3) is 0.625. The molecule has 2 rings (SSSR count). The van der Waals surface area contributed by atoms with Crippen molar-refractivity contribution in [2.24, 2.45) is 5.41 Å². The molecule has 5 nitrogen and oxygen atoms in total. The number of amides is 1. The molecule has 1 amide bonds. The van der Waals surface area contributed by atoms with Crippen LogP contribution in [-0.4, -0.2) is 55.2 Å². The first-order chi connectivity index (χ1) is 9.97. The number of rotatable bonds is 5. The van der Waals surface area contributed by atoms with Crippen LogP contribution < -0.4 is 4.90 Å². The number of carbonyl (C=O) groups excluding carboxylic acids is 1. The van der Waals surface area contributed by atoms with Crippen molar-refractivity contribution in [1.82, 2.24) is 9.88 Å². The predicted molar refractivity (Wildman–Crippen MR) is 83.5 cm³/mol. The van der Waals surface area contributed by atoms with Crippen LogP contribution >= 0.6 is 0 Å². The van der Waals surface area contributed by atoms with E-state index in [1.807, 2.05) is 24.1 Å². The number of hydrogen-bond acceptors (Lipinski definition) is 4. The Kier molecular flexibility index (Phi) is 4.83. The zero-order chi connectivity index (χ0) is 15.5. The molecule has 1 saturated carbocycles. The molecule has 0 bridgehead atoms. The lowest BCUT2D eigenvalue weighted by Gasteiger charge is -2.32. The second-order valence-corrected chi connectivity index (χ2v) is 6.30. The van der Waals surface area contributed by atoms with Crippen molar-refractivity contribution in [2.45, 2.75) is 25.7 Å². The minimum absolute atomic E-state index is 0.0159. The Hall–Kier alpha value is -1.62. The smallest absolute Gasteiger partial charge is 0.272 e. The maximum atomic E-state index is 12.0. The first-order valence-corrected chi connectivity index (χ1v) is 7.48. The van der Waals surface area contributed by atoms with E-state index in [0.717, 1.165) is 25.2 Å². The Balaban J connectivity index is 2.14. The number of aromatic nitrogens is 1. The van der Waals surface area contributed by atoms with Crippen LogP contribution in [0.5, 0.6) is 0 Å². The van der Waals surface area contributed by atoms with Crippen molar-refractivity contribution in [1.29, 1.82) is 0 Å². The van der Waals surface area contributed by atoms with Crippen LogP contribution in [0.1, 0.15) is 36.2 Å². The molecule has 1 aliphatic rings. The van der Waals surface area contributed by atoms with Crippen molar-refractivity contribution in [3.05, 3.63) is 23.9 Å². The lowest BCUT2D eigenvalue weighted by molar-refractivity contribution is 0.0822. The van der Waals surface area contributed by atoms with Gasteiger partial charge in [-0.2, -0.15) is 0 Å². The number of anilines is 1. The summed E-state index contributed by atoms with van der Waals surface area (Å²) in [6.07, 6.45) is 4.48. The summed E-state index contributed by atoms with van der Waals surface area (Å²) in [6.45, 7) is 0.990. The van der Waals surface area contributed by atoms with Crippen molar-refractivity contribution in [3.63, 3.8) is 0 Å². The van der Waals surface area contributed by atoms with E-state index >= 15 is 0 Å². The fourth-order valence-corrected chi connectivity index (χ4v) is 3.06. The summed E-state index contributed by atoms with van der Waals surface area (Å²) in [4.78, 5) is 20.0. The highest BCUT2D eigenvalue weighted by atomic mass is 16.3. The average molecular weight is 291 g/mol. The van der Waals surface area contributed by atoms with Crippen LogP contribution in [0.3, 0.4) is 0 Å². The summed E-state index contributed by atoms with van der Waals surface area (Å²) < 4.78 is 0. The SMILES string of the molecule is CN(C)C(=O)c1cccc(N(C)CC2(CO)CCCC2)n1. The van der Waals surface area contributed by atoms with Crippen LogP contribution in [0.25, 0.3) is 0 Å². The zero-order valence-electron chi connectivity index (χ0n) is 13.2. The second kappa shape index (κ2) is 6.43. The molecule has 1 heterocycles. The maximum absolute atomic E-state index is 12.0. The molecule has 0 atom stereocenters. The van der Waals surface area contributed by atoms with Crippen molar-refractivity contribution < 1.29 is 9.90 Å². The third kappa shape index (κ3) is 3.53. The minimum Gasteiger partial charge on any atom is -0.396 e. The van der Waals surface area contributed by atoms with E-state index in [0.29, 0.717) is 5.69 Å². The van der Waals surface area contributed by atoms with Gasteiger partial charge in [-0.15, -0.1) is 0 Å². The first-order valence-electron chi connectivity index (χ1n) is 7.48. The first kappa shape index (κ1) is 15.8. The summed E-state index contributed by atoms with van der Waals surface area (Å²) >= 11 is 0. The Bertz CT molecular complexity index is 496. The van der Waals surface area contributed by atoms with E-state index in [1.54, 1.807) is 20.2 Å². The molecule has 0 spiro atoms. The second-order valence-electron chi connectivity index (χ2n) is 6.30. The van der Waals surface area contributed by atoms with E-state index in [1.165, 1.54) is 17.7 Å². The molecular formula is C16H25N3O2. The molecule has 1 N–H and O–H groups in total. The van der Waals surface area contributed by atoms with E-state index in [9.17, 15) is 9.90 Å². The van der Waals surface area contributed by atoms with Crippen LogP contribution in [0, 0.1) is 5.41 Å². The van der Waals surface area contributed by atoms with Crippen LogP contribution in [-0.2, 0) is 0 Å². The largest absolute Gasteiger partial charge is 0.396 e. The van der Waals surface area contributed by atoms with Crippen LogP contribution in [0.15, 0.2) is 18.2 Å². The van der Waals surface area contributed by atoms with Gasteiger partial charge in [0.15, 0.2) is 0 Å². The maximum Gasteiger partial charge on any atom is 0.272 e. The van der Waals surface area contributed by atoms with Gasteiger partial charge in [0, 0.05) is 33.1 Å². The van der Waals surface area contributed by atoms with Crippen molar-refractivity contribution >= 4 is 11.7 Å². The molecular weight excluding hydrogens is 266 g/mol. The van der Waals surface area contributed by atoms with E-state index in [2.05, 4.69) is 4.98 Å². The summed E-state index contributed by atoms with van der Waals surface area (Å²) in [7, 11) is 5.42. The molecule has 0 radical (unpaired) electrons. The van der Waals surface area contributed by atoms with Crippen molar-refractivity contribution in [3.8, 4) is 0 Å². The van der Waals surface area contributed by atoms with E-state index < -0.39 is 0 Å². The third-order valence-electron chi connectivity index (χ3n) is 4.32. The van der Waals surface area contributed by atoms with Crippen molar-refractivity contribution in [2.75, 3.05) is 39.2 Å². The van der Waals surface area contributed by atoms with Gasteiger partial charge in [0.2, 0.25) is 0 Å². The minimum atomic E-state index is -0.0945. The van der Waals surface area contributed by atoms with E-state index in [-0.39, 0.29) is 17.9 Å². The molecule has 1 aromatic rings. The van der Waals surface area contributed by atoms with Gasteiger partial charge in [-0.1, -0.05) is 18.9 Å². The van der Waals surface area contributed by atoms with E-state index in [4.69, 9.17) is 0 Å². The number of pyridine rings is 1. The van der Waals surface area contributed by atoms with Gasteiger partial charge in [-0.25, -0.2) is 4.98 Å².